The minimum absolute atomic E-state index is 0.0603. The van der Waals surface area contributed by atoms with Crippen LogP contribution in [0.3, 0.4) is 0 Å². The average molecular weight is 324 g/mol. The molecule has 3 rings (SSSR count). The molecule has 0 saturated heterocycles. The van der Waals surface area contributed by atoms with E-state index >= 15 is 0 Å². The van der Waals surface area contributed by atoms with E-state index in [1.807, 2.05) is 6.92 Å². The molecular formula is C18H16N2O4. The summed E-state index contributed by atoms with van der Waals surface area (Å²) < 4.78 is 11.0. The molecule has 24 heavy (non-hydrogen) atoms. The van der Waals surface area contributed by atoms with Gasteiger partial charge in [0.05, 0.1) is 12.3 Å². The van der Waals surface area contributed by atoms with Gasteiger partial charge in [0.1, 0.15) is 22.6 Å². The molecule has 3 N–H and O–H groups in total. The number of phenols is 1. The van der Waals surface area contributed by atoms with E-state index in [1.54, 1.807) is 36.4 Å². The lowest BCUT2D eigenvalue weighted by Gasteiger charge is -2.04. The molecule has 2 aromatic carbocycles. The van der Waals surface area contributed by atoms with Crippen molar-refractivity contribution < 1.29 is 19.1 Å². The first-order valence-corrected chi connectivity index (χ1v) is 7.41. The van der Waals surface area contributed by atoms with Crippen LogP contribution in [0.2, 0.25) is 0 Å². The first kappa shape index (κ1) is 15.6. The standard InChI is InChI=1S/C18H16N2O4/c1-2-23-14-7-4-12(5-8-14)20-18-15(17(19)22)9-11-3-6-13(21)10-16(11)24-18/h3-10,21H,2H2,1H3,(H2,19,22). The molecule has 0 aliphatic carbocycles. The normalized spacial score (nSPS) is 11.6. The van der Waals surface area contributed by atoms with Crippen molar-refractivity contribution in [2.45, 2.75) is 6.92 Å². The van der Waals surface area contributed by atoms with Crippen LogP contribution in [0.25, 0.3) is 11.0 Å². The molecule has 6 heteroatoms. The van der Waals surface area contributed by atoms with Crippen molar-refractivity contribution in [3.8, 4) is 11.5 Å². The van der Waals surface area contributed by atoms with Gasteiger partial charge in [-0.2, -0.15) is 0 Å². The summed E-state index contributed by atoms with van der Waals surface area (Å²) in [5.74, 6) is 0.149. The highest BCUT2D eigenvalue weighted by Crippen LogP contribution is 2.21. The fourth-order valence-electron chi connectivity index (χ4n) is 2.27. The number of phenolic OH excluding ortho intramolecular Hbond substituents is 1. The smallest absolute Gasteiger partial charge is 0.254 e. The van der Waals surface area contributed by atoms with E-state index in [1.165, 1.54) is 12.1 Å². The summed E-state index contributed by atoms with van der Waals surface area (Å²) in [5, 5.41) is 10.2. The summed E-state index contributed by atoms with van der Waals surface area (Å²) in [7, 11) is 0. The first-order chi connectivity index (χ1) is 11.6. The van der Waals surface area contributed by atoms with Crippen LogP contribution in [0.4, 0.5) is 5.69 Å². The largest absolute Gasteiger partial charge is 0.508 e. The number of ether oxygens (including phenoxy) is 1. The fraction of sp³-hybridized carbons (Fsp3) is 0.111. The molecule has 0 aliphatic heterocycles. The van der Waals surface area contributed by atoms with E-state index < -0.39 is 5.91 Å². The van der Waals surface area contributed by atoms with E-state index in [-0.39, 0.29) is 16.9 Å². The number of hydrogen-bond acceptors (Lipinski definition) is 5. The van der Waals surface area contributed by atoms with Crippen LogP contribution in [0.15, 0.2) is 57.9 Å². The number of carbonyl (C=O) groups excluding carboxylic acids is 1. The van der Waals surface area contributed by atoms with Crippen LogP contribution in [-0.2, 0) is 0 Å². The maximum atomic E-state index is 11.7. The quantitative estimate of drug-likeness (QED) is 0.771. The highest BCUT2D eigenvalue weighted by molar-refractivity contribution is 5.95. The minimum atomic E-state index is -0.640. The zero-order chi connectivity index (χ0) is 17.1. The van der Waals surface area contributed by atoms with Gasteiger partial charge in [0.15, 0.2) is 0 Å². The zero-order valence-corrected chi connectivity index (χ0v) is 13.0. The van der Waals surface area contributed by atoms with E-state index in [2.05, 4.69) is 4.99 Å². The second-order valence-corrected chi connectivity index (χ2v) is 5.09. The highest BCUT2D eigenvalue weighted by Gasteiger charge is 2.10. The fourth-order valence-corrected chi connectivity index (χ4v) is 2.27. The van der Waals surface area contributed by atoms with Gasteiger partial charge >= 0.3 is 0 Å². The molecule has 1 heterocycles. The maximum Gasteiger partial charge on any atom is 0.254 e. The summed E-state index contributed by atoms with van der Waals surface area (Å²) in [6.07, 6.45) is 0. The lowest BCUT2D eigenvalue weighted by molar-refractivity contribution is 0.0996. The van der Waals surface area contributed by atoms with Crippen LogP contribution in [-0.4, -0.2) is 17.6 Å². The topological polar surface area (TPSA) is 98.1 Å². The summed E-state index contributed by atoms with van der Waals surface area (Å²) in [4.78, 5) is 16.0. The van der Waals surface area contributed by atoms with E-state index in [4.69, 9.17) is 14.9 Å². The lowest BCUT2D eigenvalue weighted by atomic mass is 10.1. The van der Waals surface area contributed by atoms with Gasteiger partial charge < -0.3 is 20.0 Å². The van der Waals surface area contributed by atoms with E-state index in [9.17, 15) is 9.90 Å². The Morgan fingerprint density at radius 3 is 2.62 bits per heavy atom. The van der Waals surface area contributed by atoms with Crippen LogP contribution >= 0.6 is 0 Å². The van der Waals surface area contributed by atoms with Gasteiger partial charge in [-0.15, -0.1) is 0 Å². The SMILES string of the molecule is CCOc1ccc(N=c2oc3cc(O)ccc3cc2C(N)=O)cc1. The Morgan fingerprint density at radius 1 is 1.21 bits per heavy atom. The molecule has 0 radical (unpaired) electrons. The van der Waals surface area contributed by atoms with Crippen molar-refractivity contribution in [3.63, 3.8) is 0 Å². The number of hydrogen-bond donors (Lipinski definition) is 2. The molecule has 0 unspecified atom stereocenters. The van der Waals surface area contributed by atoms with Gasteiger partial charge in [-0.05, 0) is 49.4 Å². The molecule has 0 saturated carbocycles. The number of fused-ring (bicyclic) bond motifs is 1. The van der Waals surface area contributed by atoms with E-state index in [0.29, 0.717) is 23.3 Å². The predicted octanol–water partition coefficient (Wildman–Crippen LogP) is 2.87. The van der Waals surface area contributed by atoms with Crippen molar-refractivity contribution >= 4 is 22.6 Å². The number of aromatic hydroxyl groups is 1. The summed E-state index contributed by atoms with van der Waals surface area (Å²) in [5.41, 5.74) is 6.68. The van der Waals surface area contributed by atoms with Crippen LogP contribution in [0.1, 0.15) is 17.3 Å². The summed E-state index contributed by atoms with van der Waals surface area (Å²) in [6.45, 7) is 2.48. The second-order valence-electron chi connectivity index (χ2n) is 5.09. The summed E-state index contributed by atoms with van der Waals surface area (Å²) >= 11 is 0. The molecular weight excluding hydrogens is 308 g/mol. The predicted molar refractivity (Wildman–Crippen MR) is 89.2 cm³/mol. The van der Waals surface area contributed by atoms with Gasteiger partial charge in [0.2, 0.25) is 5.55 Å². The molecule has 1 aromatic heterocycles. The number of nitrogens with zero attached hydrogens (tertiary/aromatic N) is 1. The number of rotatable bonds is 4. The lowest BCUT2D eigenvalue weighted by Crippen LogP contribution is -2.21. The number of nitrogens with two attached hydrogens (primary N) is 1. The Kier molecular flexibility index (Phi) is 4.20. The number of benzene rings is 2. The Hall–Kier alpha value is -3.28. The average Bonchev–Trinajstić information content (AvgIpc) is 2.56. The van der Waals surface area contributed by atoms with Crippen molar-refractivity contribution in [1.29, 1.82) is 0 Å². The number of amides is 1. The molecule has 3 aromatic rings. The Labute approximate surface area is 137 Å². The van der Waals surface area contributed by atoms with Crippen molar-refractivity contribution in [2.24, 2.45) is 10.7 Å². The van der Waals surface area contributed by atoms with Crippen molar-refractivity contribution in [1.82, 2.24) is 0 Å². The maximum absolute atomic E-state index is 11.7. The Morgan fingerprint density at radius 2 is 1.96 bits per heavy atom. The first-order valence-electron chi connectivity index (χ1n) is 7.41. The van der Waals surface area contributed by atoms with Gasteiger partial charge in [0.25, 0.3) is 5.91 Å². The van der Waals surface area contributed by atoms with Gasteiger partial charge in [0, 0.05) is 11.5 Å². The molecule has 0 bridgehead atoms. The molecule has 0 spiro atoms. The van der Waals surface area contributed by atoms with Crippen LogP contribution < -0.4 is 16.0 Å². The van der Waals surface area contributed by atoms with Crippen molar-refractivity contribution in [3.05, 3.63) is 59.6 Å². The second kappa shape index (κ2) is 6.45. The van der Waals surface area contributed by atoms with Gasteiger partial charge in [-0.3, -0.25) is 4.79 Å². The van der Waals surface area contributed by atoms with Crippen LogP contribution in [0.5, 0.6) is 11.5 Å². The molecule has 1 amide bonds. The third-order valence-electron chi connectivity index (χ3n) is 3.38. The molecule has 0 fully saturated rings. The molecule has 0 aliphatic rings. The third-order valence-corrected chi connectivity index (χ3v) is 3.38. The minimum Gasteiger partial charge on any atom is -0.508 e. The van der Waals surface area contributed by atoms with Gasteiger partial charge in [-0.1, -0.05) is 0 Å². The molecule has 0 atom stereocenters. The zero-order valence-electron chi connectivity index (χ0n) is 13.0. The molecule has 122 valence electrons. The van der Waals surface area contributed by atoms with E-state index in [0.717, 1.165) is 5.75 Å². The monoisotopic (exact) mass is 324 g/mol. The number of carbonyl (C=O) groups is 1. The molecule has 6 nitrogen and oxygen atoms in total. The van der Waals surface area contributed by atoms with Crippen LogP contribution in [0, 0.1) is 0 Å². The van der Waals surface area contributed by atoms with Gasteiger partial charge in [-0.25, -0.2) is 4.99 Å². The highest BCUT2D eigenvalue weighted by atomic mass is 16.5. The number of primary amides is 1. The summed E-state index contributed by atoms with van der Waals surface area (Å²) in [6, 6.07) is 13.2. The van der Waals surface area contributed by atoms with Crippen molar-refractivity contribution in [2.75, 3.05) is 6.61 Å². The Bertz CT molecular complexity index is 959. The Balaban J connectivity index is 2.15. The third kappa shape index (κ3) is 3.22.